The van der Waals surface area contributed by atoms with Gasteiger partial charge in [-0.1, -0.05) is 0 Å². The van der Waals surface area contributed by atoms with E-state index in [1.54, 1.807) is 13.0 Å². The van der Waals surface area contributed by atoms with Crippen LogP contribution in [0, 0.1) is 3.57 Å². The quantitative estimate of drug-likeness (QED) is 0.727. The zero-order chi connectivity index (χ0) is 13.7. The van der Waals surface area contributed by atoms with E-state index in [0.717, 1.165) is 8.04 Å². The molecule has 0 aliphatic rings. The van der Waals surface area contributed by atoms with Crippen molar-refractivity contribution in [3.63, 3.8) is 0 Å². The molecule has 0 saturated carbocycles. The molecule has 5 nitrogen and oxygen atoms in total. The summed E-state index contributed by atoms with van der Waals surface area (Å²) in [5.41, 5.74) is 0.615. The van der Waals surface area contributed by atoms with E-state index in [2.05, 4.69) is 43.8 Å². The second-order valence-electron chi connectivity index (χ2n) is 3.46. The summed E-state index contributed by atoms with van der Waals surface area (Å²) in [6.45, 7) is 1.75. The summed E-state index contributed by atoms with van der Waals surface area (Å²) in [6.07, 6.45) is 0. The van der Waals surface area contributed by atoms with Gasteiger partial charge in [-0.05, 0) is 63.6 Å². The number of hydrogen-bond donors (Lipinski definition) is 2. The Balaban J connectivity index is 2.76. The normalized spacial score (nSPS) is 9.94. The number of aliphatic carboxylic acids is 1. The number of halogens is 2. The number of carboxylic acids is 1. The lowest BCUT2D eigenvalue weighted by Crippen LogP contribution is -2.38. The van der Waals surface area contributed by atoms with Crippen LogP contribution in [-0.2, 0) is 4.79 Å². The van der Waals surface area contributed by atoms with Crippen molar-refractivity contribution in [2.24, 2.45) is 0 Å². The van der Waals surface area contributed by atoms with Gasteiger partial charge in [0.25, 0.3) is 0 Å². The van der Waals surface area contributed by atoms with Crippen molar-refractivity contribution in [2.75, 3.05) is 18.4 Å². The van der Waals surface area contributed by atoms with E-state index in [0.29, 0.717) is 12.2 Å². The lowest BCUT2D eigenvalue weighted by Gasteiger charge is -2.19. The maximum Gasteiger partial charge on any atom is 0.323 e. The zero-order valence-corrected chi connectivity index (χ0v) is 13.4. The number of anilines is 1. The van der Waals surface area contributed by atoms with E-state index in [1.165, 1.54) is 4.90 Å². The van der Waals surface area contributed by atoms with Crippen LogP contribution in [0.5, 0.6) is 0 Å². The number of carbonyl (C=O) groups excluding carboxylic acids is 1. The van der Waals surface area contributed by atoms with Crippen LogP contribution in [0.15, 0.2) is 22.7 Å². The summed E-state index contributed by atoms with van der Waals surface area (Å²) < 4.78 is 1.80. The number of likely N-dealkylation sites (N-methyl/N-ethyl adjacent to an activating group) is 1. The maximum absolute atomic E-state index is 11.8. The number of carbonyl (C=O) groups is 2. The molecule has 0 unspecified atom stereocenters. The Kier molecular flexibility index (Phi) is 5.86. The molecule has 0 aromatic heterocycles. The Morgan fingerprint density at radius 1 is 1.50 bits per heavy atom. The molecular formula is C11H12BrIN2O3. The van der Waals surface area contributed by atoms with Crippen LogP contribution >= 0.6 is 38.5 Å². The maximum atomic E-state index is 11.8. The van der Waals surface area contributed by atoms with Gasteiger partial charge < -0.3 is 15.3 Å². The Bertz CT molecular complexity index is 468. The second kappa shape index (κ2) is 6.93. The van der Waals surface area contributed by atoms with Crippen molar-refractivity contribution in [3.05, 3.63) is 26.2 Å². The van der Waals surface area contributed by atoms with Gasteiger partial charge in [-0.25, -0.2) is 4.79 Å². The minimum atomic E-state index is -1.03. The van der Waals surface area contributed by atoms with Gasteiger partial charge in [0.1, 0.15) is 6.54 Å². The molecule has 98 valence electrons. The lowest BCUT2D eigenvalue weighted by molar-refractivity contribution is -0.137. The van der Waals surface area contributed by atoms with Crippen molar-refractivity contribution in [1.29, 1.82) is 0 Å². The van der Waals surface area contributed by atoms with E-state index in [9.17, 15) is 9.59 Å². The van der Waals surface area contributed by atoms with Gasteiger partial charge in [0.05, 0.1) is 5.69 Å². The molecule has 0 saturated heterocycles. The van der Waals surface area contributed by atoms with Gasteiger partial charge in [-0.3, -0.25) is 4.79 Å². The first-order valence-corrected chi connectivity index (χ1v) is 7.04. The highest BCUT2D eigenvalue weighted by Crippen LogP contribution is 2.24. The van der Waals surface area contributed by atoms with Crippen molar-refractivity contribution < 1.29 is 14.7 Å². The summed E-state index contributed by atoms with van der Waals surface area (Å²) in [6, 6.07) is 5.05. The number of nitrogens with zero attached hydrogens (tertiary/aromatic N) is 1. The van der Waals surface area contributed by atoms with E-state index in [4.69, 9.17) is 5.11 Å². The van der Waals surface area contributed by atoms with Crippen LogP contribution in [0.1, 0.15) is 6.92 Å². The number of amides is 2. The lowest BCUT2D eigenvalue weighted by atomic mass is 10.3. The number of hydrogen-bond acceptors (Lipinski definition) is 2. The van der Waals surface area contributed by atoms with Crippen LogP contribution in [0.2, 0.25) is 0 Å². The third-order valence-corrected chi connectivity index (χ3v) is 3.49. The molecule has 0 fully saturated rings. The molecule has 7 heteroatoms. The predicted molar refractivity (Wildman–Crippen MR) is 80.8 cm³/mol. The topological polar surface area (TPSA) is 69.6 Å². The van der Waals surface area contributed by atoms with Crippen LogP contribution in [0.25, 0.3) is 0 Å². The first-order valence-electron chi connectivity index (χ1n) is 5.16. The minimum absolute atomic E-state index is 0.315. The van der Waals surface area contributed by atoms with Crippen LogP contribution in [0.4, 0.5) is 10.5 Å². The molecule has 2 amide bonds. The van der Waals surface area contributed by atoms with E-state index < -0.39 is 12.0 Å². The van der Waals surface area contributed by atoms with Gasteiger partial charge in [-0.15, -0.1) is 0 Å². The van der Waals surface area contributed by atoms with Crippen molar-refractivity contribution in [3.8, 4) is 0 Å². The molecular weight excluding hydrogens is 415 g/mol. The van der Waals surface area contributed by atoms with Crippen LogP contribution in [0.3, 0.4) is 0 Å². The van der Waals surface area contributed by atoms with Gasteiger partial charge in [0.2, 0.25) is 0 Å². The summed E-state index contributed by atoms with van der Waals surface area (Å²) in [5, 5.41) is 11.4. The highest BCUT2D eigenvalue weighted by molar-refractivity contribution is 14.1. The molecule has 18 heavy (non-hydrogen) atoms. The summed E-state index contributed by atoms with van der Waals surface area (Å²) in [5.74, 6) is -1.03. The zero-order valence-electron chi connectivity index (χ0n) is 9.61. The molecule has 0 aliphatic heterocycles. The van der Waals surface area contributed by atoms with Gasteiger partial charge in [-0.2, -0.15) is 0 Å². The first kappa shape index (κ1) is 15.2. The summed E-state index contributed by atoms with van der Waals surface area (Å²) in [4.78, 5) is 23.7. The highest BCUT2D eigenvalue weighted by atomic mass is 127. The number of nitrogens with one attached hydrogen (secondary N) is 1. The molecule has 0 spiro atoms. The third-order valence-electron chi connectivity index (χ3n) is 2.17. The fourth-order valence-electron chi connectivity index (χ4n) is 1.28. The van der Waals surface area contributed by atoms with Gasteiger partial charge >= 0.3 is 12.0 Å². The fourth-order valence-corrected chi connectivity index (χ4v) is 2.67. The number of rotatable bonds is 4. The monoisotopic (exact) mass is 426 g/mol. The number of urea groups is 1. The number of benzene rings is 1. The van der Waals surface area contributed by atoms with Crippen molar-refractivity contribution in [1.82, 2.24) is 4.90 Å². The van der Waals surface area contributed by atoms with Crippen molar-refractivity contribution >= 4 is 56.2 Å². The summed E-state index contributed by atoms with van der Waals surface area (Å²) >= 11 is 5.50. The highest BCUT2D eigenvalue weighted by Gasteiger charge is 2.15. The van der Waals surface area contributed by atoms with Gasteiger partial charge in [0, 0.05) is 14.6 Å². The molecule has 0 radical (unpaired) electrons. The molecule has 0 bridgehead atoms. The minimum Gasteiger partial charge on any atom is -0.480 e. The molecule has 0 atom stereocenters. The Morgan fingerprint density at radius 2 is 2.17 bits per heavy atom. The fraction of sp³-hybridized carbons (Fsp3) is 0.273. The Morgan fingerprint density at radius 3 is 2.67 bits per heavy atom. The van der Waals surface area contributed by atoms with Gasteiger partial charge in [0.15, 0.2) is 0 Å². The second-order valence-corrected chi connectivity index (χ2v) is 5.56. The molecule has 1 aromatic carbocycles. The molecule has 2 N–H and O–H groups in total. The molecule has 1 rings (SSSR count). The van der Waals surface area contributed by atoms with E-state index >= 15 is 0 Å². The van der Waals surface area contributed by atoms with Crippen LogP contribution < -0.4 is 5.32 Å². The molecule has 1 aromatic rings. The average Bonchev–Trinajstić information content (AvgIpc) is 2.29. The Labute approximate surface area is 127 Å². The predicted octanol–water partition coefficient (Wildman–Crippen LogP) is 2.99. The van der Waals surface area contributed by atoms with E-state index in [-0.39, 0.29) is 6.54 Å². The summed E-state index contributed by atoms with van der Waals surface area (Å²) in [7, 11) is 0. The van der Waals surface area contributed by atoms with E-state index in [1.807, 2.05) is 12.1 Å². The first-order chi connectivity index (χ1) is 8.43. The number of carboxylic acid groups (broad SMARTS) is 1. The van der Waals surface area contributed by atoms with Crippen LogP contribution in [-0.4, -0.2) is 35.1 Å². The molecule has 0 aliphatic carbocycles. The SMILES string of the molecule is CCN(CC(=O)O)C(=O)Nc1ccc(I)cc1Br. The molecule has 0 heterocycles. The van der Waals surface area contributed by atoms with Crippen molar-refractivity contribution in [2.45, 2.75) is 6.92 Å². The third kappa shape index (κ3) is 4.45. The standard InChI is InChI=1S/C11H12BrIN2O3/c1-2-15(6-10(16)17)11(18)14-9-4-3-7(13)5-8(9)12/h3-5H,2,6H2,1H3,(H,14,18)(H,16,17). The Hall–Kier alpha value is -0.830. The smallest absolute Gasteiger partial charge is 0.323 e. The average molecular weight is 427 g/mol. The largest absolute Gasteiger partial charge is 0.480 e.